The molecule has 0 aromatic heterocycles. The van der Waals surface area contributed by atoms with Gasteiger partial charge < -0.3 is 9.84 Å². The van der Waals surface area contributed by atoms with E-state index in [0.717, 1.165) is 24.5 Å². The average molecular weight is 206 g/mol. The molecule has 0 unspecified atom stereocenters. The Morgan fingerprint density at radius 1 is 1.60 bits per heavy atom. The Morgan fingerprint density at radius 2 is 2.33 bits per heavy atom. The molecule has 0 aliphatic rings. The summed E-state index contributed by atoms with van der Waals surface area (Å²) in [7, 11) is 0. The van der Waals surface area contributed by atoms with Crippen LogP contribution in [-0.4, -0.2) is 11.1 Å². The van der Waals surface area contributed by atoms with Crippen LogP contribution in [-0.2, 0) is 11.2 Å². The van der Waals surface area contributed by atoms with E-state index in [1.54, 1.807) is 12.1 Å². The van der Waals surface area contributed by atoms with Crippen molar-refractivity contribution in [3.8, 4) is 11.5 Å². The lowest BCUT2D eigenvalue weighted by Gasteiger charge is -2.07. The maximum absolute atomic E-state index is 11.0. The van der Waals surface area contributed by atoms with Crippen molar-refractivity contribution in [1.29, 1.82) is 0 Å². The average Bonchev–Trinajstić information content (AvgIpc) is 2.24. The molecule has 0 aliphatic heterocycles. The van der Waals surface area contributed by atoms with E-state index in [-0.39, 0.29) is 11.5 Å². The van der Waals surface area contributed by atoms with Crippen molar-refractivity contribution < 1.29 is 14.6 Å². The lowest BCUT2D eigenvalue weighted by Crippen LogP contribution is -2.03. The van der Waals surface area contributed by atoms with Crippen molar-refractivity contribution in [1.82, 2.24) is 0 Å². The first-order valence-electron chi connectivity index (χ1n) is 4.84. The van der Waals surface area contributed by atoms with Crippen molar-refractivity contribution in [3.63, 3.8) is 0 Å². The fourth-order valence-corrected chi connectivity index (χ4v) is 1.27. The highest BCUT2D eigenvalue weighted by Crippen LogP contribution is 2.30. The number of esters is 1. The fourth-order valence-electron chi connectivity index (χ4n) is 1.27. The van der Waals surface area contributed by atoms with Crippen LogP contribution in [0.1, 0.15) is 18.9 Å². The zero-order chi connectivity index (χ0) is 11.3. The van der Waals surface area contributed by atoms with Gasteiger partial charge in [0.1, 0.15) is 0 Å². The molecule has 15 heavy (non-hydrogen) atoms. The van der Waals surface area contributed by atoms with E-state index in [1.807, 2.05) is 13.0 Å². The monoisotopic (exact) mass is 206 g/mol. The van der Waals surface area contributed by atoms with Crippen molar-refractivity contribution in [2.45, 2.75) is 19.8 Å². The summed E-state index contributed by atoms with van der Waals surface area (Å²) in [6.07, 6.45) is 2.74. The van der Waals surface area contributed by atoms with Gasteiger partial charge in [-0.05, 0) is 18.1 Å². The molecule has 3 heteroatoms. The number of ether oxygens (including phenoxy) is 1. The molecule has 0 fully saturated rings. The smallest absolute Gasteiger partial charge is 0.335 e. The van der Waals surface area contributed by atoms with Crippen molar-refractivity contribution in [2.24, 2.45) is 0 Å². The first-order valence-corrected chi connectivity index (χ1v) is 4.84. The van der Waals surface area contributed by atoms with Gasteiger partial charge >= 0.3 is 5.97 Å². The molecule has 1 aromatic rings. The Bertz CT molecular complexity index is 369. The van der Waals surface area contributed by atoms with Crippen LogP contribution in [0.5, 0.6) is 11.5 Å². The van der Waals surface area contributed by atoms with Gasteiger partial charge in [0.25, 0.3) is 0 Å². The van der Waals surface area contributed by atoms with Crippen molar-refractivity contribution in [2.75, 3.05) is 0 Å². The van der Waals surface area contributed by atoms with E-state index in [1.165, 1.54) is 0 Å². The Hall–Kier alpha value is -1.77. The molecule has 0 aliphatic carbocycles. The standard InChI is InChI=1S/C12H14O3/c1-3-6-9-7-5-8-10(12(9)14)15-11(13)4-2/h4-5,7-8,14H,2-3,6H2,1H3. The van der Waals surface area contributed by atoms with Gasteiger partial charge in [-0.2, -0.15) is 0 Å². The van der Waals surface area contributed by atoms with E-state index >= 15 is 0 Å². The first-order chi connectivity index (χ1) is 7.19. The van der Waals surface area contributed by atoms with Gasteiger partial charge in [0.15, 0.2) is 11.5 Å². The number of para-hydroxylation sites is 1. The molecule has 0 spiro atoms. The summed E-state index contributed by atoms with van der Waals surface area (Å²) in [6, 6.07) is 5.11. The molecule has 1 N–H and O–H groups in total. The summed E-state index contributed by atoms with van der Waals surface area (Å²) in [5.41, 5.74) is 0.784. The summed E-state index contributed by atoms with van der Waals surface area (Å²) in [6.45, 7) is 5.30. The predicted molar refractivity (Wildman–Crippen MR) is 57.9 cm³/mol. The first kappa shape index (κ1) is 11.3. The number of carbonyl (C=O) groups excluding carboxylic acids is 1. The van der Waals surface area contributed by atoms with E-state index in [2.05, 4.69) is 6.58 Å². The number of hydrogen-bond acceptors (Lipinski definition) is 3. The summed E-state index contributed by atoms with van der Waals surface area (Å²) >= 11 is 0. The van der Waals surface area contributed by atoms with E-state index in [4.69, 9.17) is 4.74 Å². The highest BCUT2D eigenvalue weighted by molar-refractivity contribution is 5.83. The zero-order valence-electron chi connectivity index (χ0n) is 8.69. The molecule has 80 valence electrons. The quantitative estimate of drug-likeness (QED) is 0.467. The minimum Gasteiger partial charge on any atom is -0.504 e. The van der Waals surface area contributed by atoms with Gasteiger partial charge in [-0.3, -0.25) is 0 Å². The van der Waals surface area contributed by atoms with Crippen molar-refractivity contribution >= 4 is 5.97 Å². The van der Waals surface area contributed by atoms with Gasteiger partial charge in [0.2, 0.25) is 0 Å². The van der Waals surface area contributed by atoms with Crippen LogP contribution >= 0.6 is 0 Å². The number of phenolic OH excluding ortho intramolecular Hbond substituents is 1. The topological polar surface area (TPSA) is 46.5 Å². The second kappa shape index (κ2) is 5.20. The van der Waals surface area contributed by atoms with E-state index < -0.39 is 5.97 Å². The third-order valence-electron chi connectivity index (χ3n) is 1.98. The molecule has 0 heterocycles. The molecular weight excluding hydrogens is 192 g/mol. The minimum atomic E-state index is -0.570. The van der Waals surface area contributed by atoms with Crippen LogP contribution in [0.15, 0.2) is 30.9 Å². The fraction of sp³-hybridized carbons (Fsp3) is 0.250. The highest BCUT2D eigenvalue weighted by atomic mass is 16.5. The summed E-state index contributed by atoms with van der Waals surface area (Å²) in [5.74, 6) is -0.348. The summed E-state index contributed by atoms with van der Waals surface area (Å²) in [4.78, 5) is 11.0. The Labute approximate surface area is 89.0 Å². The third-order valence-corrected chi connectivity index (χ3v) is 1.98. The number of carbonyl (C=O) groups is 1. The zero-order valence-corrected chi connectivity index (χ0v) is 8.69. The number of benzene rings is 1. The Morgan fingerprint density at radius 3 is 2.93 bits per heavy atom. The molecule has 1 aromatic carbocycles. The number of rotatable bonds is 4. The molecular formula is C12H14O3. The lowest BCUT2D eigenvalue weighted by molar-refractivity contribution is -0.129. The van der Waals surface area contributed by atoms with Crippen LogP contribution in [0.2, 0.25) is 0 Å². The third kappa shape index (κ3) is 2.84. The molecule has 0 radical (unpaired) electrons. The highest BCUT2D eigenvalue weighted by Gasteiger charge is 2.09. The second-order valence-corrected chi connectivity index (χ2v) is 3.14. The number of hydrogen-bond donors (Lipinski definition) is 1. The predicted octanol–water partition coefficient (Wildman–Crippen LogP) is 2.44. The maximum Gasteiger partial charge on any atom is 0.335 e. The molecule has 1 rings (SSSR count). The van der Waals surface area contributed by atoms with Crippen LogP contribution in [0.3, 0.4) is 0 Å². The van der Waals surface area contributed by atoms with Gasteiger partial charge in [-0.15, -0.1) is 0 Å². The van der Waals surface area contributed by atoms with Crippen LogP contribution in [0.4, 0.5) is 0 Å². The Balaban J connectivity index is 2.93. The second-order valence-electron chi connectivity index (χ2n) is 3.14. The Kier molecular flexibility index (Phi) is 3.92. The summed E-state index contributed by atoms with van der Waals surface area (Å²) < 4.78 is 4.87. The molecule has 0 atom stereocenters. The van der Waals surface area contributed by atoms with Gasteiger partial charge in [-0.1, -0.05) is 32.1 Å². The van der Waals surface area contributed by atoms with Gasteiger partial charge in [-0.25, -0.2) is 4.79 Å². The number of aromatic hydroxyl groups is 1. The number of aryl methyl sites for hydroxylation is 1. The largest absolute Gasteiger partial charge is 0.504 e. The van der Waals surface area contributed by atoms with E-state index in [0.29, 0.717) is 0 Å². The van der Waals surface area contributed by atoms with E-state index in [9.17, 15) is 9.90 Å². The SMILES string of the molecule is C=CC(=O)Oc1cccc(CCC)c1O. The normalized spacial score (nSPS) is 9.67. The molecule has 0 amide bonds. The molecule has 0 saturated carbocycles. The van der Waals surface area contributed by atoms with Gasteiger partial charge in [0, 0.05) is 6.08 Å². The molecule has 0 bridgehead atoms. The van der Waals surface area contributed by atoms with Crippen LogP contribution in [0.25, 0.3) is 0 Å². The molecule has 3 nitrogen and oxygen atoms in total. The minimum absolute atomic E-state index is 0.0366. The van der Waals surface area contributed by atoms with Gasteiger partial charge in [0.05, 0.1) is 0 Å². The maximum atomic E-state index is 11.0. The summed E-state index contributed by atoms with van der Waals surface area (Å²) in [5, 5.41) is 9.75. The molecule has 0 saturated heterocycles. The van der Waals surface area contributed by atoms with Crippen LogP contribution in [0, 0.1) is 0 Å². The lowest BCUT2D eigenvalue weighted by atomic mass is 10.1. The van der Waals surface area contributed by atoms with Crippen LogP contribution < -0.4 is 4.74 Å². The van der Waals surface area contributed by atoms with Crippen molar-refractivity contribution in [3.05, 3.63) is 36.4 Å². The number of phenols is 1.